The summed E-state index contributed by atoms with van der Waals surface area (Å²) in [7, 11) is 1.78. The monoisotopic (exact) mass is 264 g/mol. The first-order chi connectivity index (χ1) is 9.20. The van der Waals surface area contributed by atoms with Crippen LogP contribution in [-0.4, -0.2) is 55.3 Å². The average molecular weight is 264 g/mol. The van der Waals surface area contributed by atoms with Gasteiger partial charge in [-0.1, -0.05) is 6.92 Å². The Balaban J connectivity index is 1.97. The molecule has 1 fully saturated rings. The Morgan fingerprint density at radius 3 is 3.05 bits per heavy atom. The molecule has 1 saturated heterocycles. The number of rotatable bonds is 4. The van der Waals surface area contributed by atoms with E-state index in [1.807, 2.05) is 13.0 Å². The number of carbonyl (C=O) groups is 1. The first-order valence-electron chi connectivity index (χ1n) is 6.60. The summed E-state index contributed by atoms with van der Waals surface area (Å²) in [4.78, 5) is 18.2. The predicted octanol–water partition coefficient (Wildman–Crippen LogP) is 1.13. The molecule has 2 heterocycles. The number of aryl methyl sites for hydroxylation is 1. The van der Waals surface area contributed by atoms with Gasteiger partial charge in [-0.3, -0.25) is 9.78 Å². The minimum absolute atomic E-state index is 0.00808. The fourth-order valence-corrected chi connectivity index (χ4v) is 2.06. The van der Waals surface area contributed by atoms with Gasteiger partial charge in [0.15, 0.2) is 0 Å². The zero-order valence-corrected chi connectivity index (χ0v) is 11.5. The van der Waals surface area contributed by atoms with Crippen molar-refractivity contribution in [1.82, 2.24) is 9.88 Å². The van der Waals surface area contributed by atoms with Crippen molar-refractivity contribution in [2.24, 2.45) is 0 Å². The van der Waals surface area contributed by atoms with Crippen LogP contribution in [0, 0.1) is 0 Å². The molecule has 1 aromatic rings. The Morgan fingerprint density at radius 2 is 2.37 bits per heavy atom. The van der Waals surface area contributed by atoms with Gasteiger partial charge in [-0.15, -0.1) is 0 Å². The molecule has 5 nitrogen and oxygen atoms in total. The second kappa shape index (κ2) is 6.63. The first-order valence-corrected chi connectivity index (χ1v) is 6.60. The highest BCUT2D eigenvalue weighted by atomic mass is 16.6. The van der Waals surface area contributed by atoms with Crippen LogP contribution >= 0.6 is 0 Å². The van der Waals surface area contributed by atoms with Gasteiger partial charge >= 0.3 is 0 Å². The molecule has 19 heavy (non-hydrogen) atoms. The van der Waals surface area contributed by atoms with Gasteiger partial charge in [0.1, 0.15) is 0 Å². The van der Waals surface area contributed by atoms with Gasteiger partial charge in [0.2, 0.25) is 0 Å². The van der Waals surface area contributed by atoms with E-state index in [4.69, 9.17) is 9.47 Å². The average Bonchev–Trinajstić information content (AvgIpc) is 2.47. The number of hydrogen-bond donors (Lipinski definition) is 0. The molecule has 0 bridgehead atoms. The van der Waals surface area contributed by atoms with Crippen LogP contribution in [0.15, 0.2) is 18.3 Å². The molecule has 0 spiro atoms. The molecule has 1 atom stereocenters. The van der Waals surface area contributed by atoms with E-state index in [1.54, 1.807) is 24.2 Å². The number of pyridine rings is 1. The van der Waals surface area contributed by atoms with Crippen molar-refractivity contribution in [2.75, 3.05) is 33.4 Å². The largest absolute Gasteiger partial charge is 0.376 e. The van der Waals surface area contributed by atoms with Gasteiger partial charge in [-0.2, -0.15) is 0 Å². The summed E-state index contributed by atoms with van der Waals surface area (Å²) in [5.41, 5.74) is 1.60. The predicted molar refractivity (Wildman–Crippen MR) is 71.1 cm³/mol. The zero-order chi connectivity index (χ0) is 13.7. The van der Waals surface area contributed by atoms with Gasteiger partial charge in [-0.25, -0.2) is 0 Å². The van der Waals surface area contributed by atoms with Crippen LogP contribution in [0.1, 0.15) is 23.0 Å². The normalized spacial score (nSPS) is 19.2. The molecule has 1 aliphatic heterocycles. The highest BCUT2D eigenvalue weighted by Crippen LogP contribution is 2.08. The van der Waals surface area contributed by atoms with Gasteiger partial charge in [0.05, 0.1) is 25.9 Å². The third-order valence-corrected chi connectivity index (χ3v) is 3.13. The summed E-state index contributed by atoms with van der Waals surface area (Å²) >= 11 is 0. The van der Waals surface area contributed by atoms with Crippen LogP contribution in [-0.2, 0) is 15.9 Å². The molecular weight excluding hydrogens is 244 g/mol. The molecule has 1 amide bonds. The Labute approximate surface area is 113 Å². The highest BCUT2D eigenvalue weighted by Gasteiger charge is 2.20. The number of nitrogens with zero attached hydrogens (tertiary/aromatic N) is 2. The molecule has 0 aliphatic carbocycles. The number of likely N-dealkylation sites (N-methyl/N-ethyl adjacent to an activating group) is 1. The molecule has 0 aromatic carbocycles. The molecular formula is C14H20N2O3. The van der Waals surface area contributed by atoms with Gasteiger partial charge in [0.25, 0.3) is 5.91 Å². The Kier molecular flexibility index (Phi) is 4.87. The van der Waals surface area contributed by atoms with Crippen LogP contribution in [0.3, 0.4) is 0 Å². The van der Waals surface area contributed by atoms with Crippen molar-refractivity contribution >= 4 is 5.91 Å². The maximum atomic E-state index is 12.3. The maximum Gasteiger partial charge on any atom is 0.253 e. The van der Waals surface area contributed by atoms with Crippen LogP contribution in [0.5, 0.6) is 0 Å². The van der Waals surface area contributed by atoms with E-state index < -0.39 is 0 Å². The van der Waals surface area contributed by atoms with Crippen LogP contribution < -0.4 is 0 Å². The lowest BCUT2D eigenvalue weighted by atomic mass is 10.2. The standard InChI is InChI=1S/C14H20N2O3/c1-3-12-8-11(4-5-15-12)14(17)16(2)9-13-10-18-6-7-19-13/h4-5,8,13H,3,6-7,9-10H2,1-2H3/t13-/m0/s1. The number of carbonyl (C=O) groups excluding carboxylic acids is 1. The van der Waals surface area contributed by atoms with Crippen LogP contribution in [0.25, 0.3) is 0 Å². The molecule has 0 radical (unpaired) electrons. The topological polar surface area (TPSA) is 51.7 Å². The Hall–Kier alpha value is -1.46. The lowest BCUT2D eigenvalue weighted by Gasteiger charge is -2.27. The van der Waals surface area contributed by atoms with Crippen LogP contribution in [0.4, 0.5) is 0 Å². The molecule has 5 heteroatoms. The van der Waals surface area contributed by atoms with Gasteiger partial charge < -0.3 is 14.4 Å². The summed E-state index contributed by atoms with van der Waals surface area (Å²) in [6.07, 6.45) is 2.47. The molecule has 0 saturated carbocycles. The van der Waals surface area contributed by atoms with Crippen molar-refractivity contribution in [3.63, 3.8) is 0 Å². The van der Waals surface area contributed by atoms with E-state index in [9.17, 15) is 4.79 Å². The summed E-state index contributed by atoms with van der Waals surface area (Å²) in [5.74, 6) is -0.00808. The van der Waals surface area contributed by atoms with Gasteiger partial charge in [-0.05, 0) is 18.6 Å². The zero-order valence-electron chi connectivity index (χ0n) is 11.5. The van der Waals surface area contributed by atoms with Crippen molar-refractivity contribution in [3.8, 4) is 0 Å². The molecule has 1 aliphatic rings. The summed E-state index contributed by atoms with van der Waals surface area (Å²) in [5, 5.41) is 0. The lowest BCUT2D eigenvalue weighted by molar-refractivity contribution is -0.0933. The van der Waals surface area contributed by atoms with E-state index in [0.29, 0.717) is 31.9 Å². The fourth-order valence-electron chi connectivity index (χ4n) is 2.06. The second-order valence-electron chi connectivity index (χ2n) is 4.64. The molecule has 2 rings (SSSR count). The summed E-state index contributed by atoms with van der Waals surface area (Å²) < 4.78 is 10.9. The number of ether oxygens (including phenoxy) is 2. The van der Waals surface area contributed by atoms with Crippen molar-refractivity contribution in [1.29, 1.82) is 0 Å². The van der Waals surface area contributed by atoms with Gasteiger partial charge in [0, 0.05) is 31.0 Å². The molecule has 1 aromatic heterocycles. The molecule has 0 unspecified atom stereocenters. The maximum absolute atomic E-state index is 12.3. The molecule has 104 valence electrons. The second-order valence-corrected chi connectivity index (χ2v) is 4.64. The van der Waals surface area contributed by atoms with E-state index in [1.165, 1.54) is 0 Å². The number of amides is 1. The van der Waals surface area contributed by atoms with Crippen molar-refractivity contribution < 1.29 is 14.3 Å². The SMILES string of the molecule is CCc1cc(C(=O)N(C)C[C@H]2COCCO2)ccn1. The Morgan fingerprint density at radius 1 is 1.53 bits per heavy atom. The smallest absolute Gasteiger partial charge is 0.253 e. The highest BCUT2D eigenvalue weighted by molar-refractivity contribution is 5.94. The summed E-state index contributed by atoms with van der Waals surface area (Å²) in [6.45, 7) is 4.35. The van der Waals surface area contributed by atoms with Crippen LogP contribution in [0.2, 0.25) is 0 Å². The number of hydrogen-bond acceptors (Lipinski definition) is 4. The quantitative estimate of drug-likeness (QED) is 0.818. The summed E-state index contributed by atoms with van der Waals surface area (Å²) in [6, 6.07) is 3.59. The Bertz CT molecular complexity index is 430. The molecule has 0 N–H and O–H groups in total. The third kappa shape index (κ3) is 3.75. The minimum atomic E-state index is -0.0322. The first kappa shape index (κ1) is 14.0. The van der Waals surface area contributed by atoms with Crippen molar-refractivity contribution in [3.05, 3.63) is 29.6 Å². The fraction of sp³-hybridized carbons (Fsp3) is 0.571. The van der Waals surface area contributed by atoms with E-state index in [2.05, 4.69) is 4.98 Å². The van der Waals surface area contributed by atoms with Crippen molar-refractivity contribution in [2.45, 2.75) is 19.4 Å². The lowest BCUT2D eigenvalue weighted by Crippen LogP contribution is -2.40. The van der Waals surface area contributed by atoms with E-state index >= 15 is 0 Å². The minimum Gasteiger partial charge on any atom is -0.376 e. The number of aromatic nitrogens is 1. The van der Waals surface area contributed by atoms with E-state index in [0.717, 1.165) is 12.1 Å². The van der Waals surface area contributed by atoms with E-state index in [-0.39, 0.29) is 12.0 Å². The third-order valence-electron chi connectivity index (χ3n) is 3.13.